The Kier molecular flexibility index (Phi) is 6.44. The smallest absolute Gasteiger partial charge is 0.406 e. The maximum Gasteiger partial charge on any atom is 0.573 e. The Labute approximate surface area is 209 Å². The maximum atomic E-state index is 12.8. The Morgan fingerprint density at radius 3 is 2.36 bits per heavy atom. The molecule has 0 radical (unpaired) electrons. The predicted octanol–water partition coefficient (Wildman–Crippen LogP) is 5.07. The summed E-state index contributed by atoms with van der Waals surface area (Å²) in [5.41, 5.74) is 3.23. The van der Waals surface area contributed by atoms with Gasteiger partial charge < -0.3 is 19.5 Å². The van der Waals surface area contributed by atoms with Crippen LogP contribution in [0.15, 0.2) is 60.9 Å². The largest absolute Gasteiger partial charge is 0.573 e. The van der Waals surface area contributed by atoms with Crippen LogP contribution in [0.2, 0.25) is 5.02 Å². The molecule has 0 saturated carbocycles. The van der Waals surface area contributed by atoms with Crippen molar-refractivity contribution in [3.05, 3.63) is 71.5 Å². The number of alkyl halides is 3. The molecule has 5 rings (SSSR count). The third-order valence-corrected chi connectivity index (χ3v) is 6.26. The number of aromatic nitrogens is 3. The molecule has 1 aliphatic heterocycles. The number of halogens is 4. The summed E-state index contributed by atoms with van der Waals surface area (Å²) in [4.78, 5) is 28.8. The van der Waals surface area contributed by atoms with Gasteiger partial charge >= 0.3 is 6.36 Å². The van der Waals surface area contributed by atoms with Crippen LogP contribution in [0.25, 0.3) is 22.3 Å². The SMILES string of the molecule is O=C(Cc1ccc(OC(F)(F)F)cc1)N1CCN(c2ncnc3[nH]c(-c4ccc(Cl)cc4)cc23)CC1. The van der Waals surface area contributed by atoms with E-state index in [1.54, 1.807) is 4.90 Å². The first-order chi connectivity index (χ1) is 17.2. The van der Waals surface area contributed by atoms with Crippen molar-refractivity contribution in [2.75, 3.05) is 31.1 Å². The number of aromatic amines is 1. The molecule has 1 aliphatic rings. The Hall–Kier alpha value is -3.79. The van der Waals surface area contributed by atoms with Crippen molar-refractivity contribution in [3.8, 4) is 17.0 Å². The molecule has 0 unspecified atom stereocenters. The van der Waals surface area contributed by atoms with E-state index in [2.05, 4.69) is 24.6 Å². The summed E-state index contributed by atoms with van der Waals surface area (Å²) in [6, 6.07) is 14.9. The lowest BCUT2D eigenvalue weighted by Gasteiger charge is -2.35. The second-order valence-corrected chi connectivity index (χ2v) is 8.82. The number of benzene rings is 2. The van der Waals surface area contributed by atoms with Crippen LogP contribution < -0.4 is 9.64 Å². The van der Waals surface area contributed by atoms with Crippen LogP contribution in [0.4, 0.5) is 19.0 Å². The van der Waals surface area contributed by atoms with Gasteiger partial charge in [0.25, 0.3) is 0 Å². The van der Waals surface area contributed by atoms with Gasteiger partial charge in [0, 0.05) is 36.9 Å². The molecule has 11 heteroatoms. The summed E-state index contributed by atoms with van der Waals surface area (Å²) < 4.78 is 40.9. The highest BCUT2D eigenvalue weighted by Gasteiger charge is 2.31. The molecule has 0 atom stereocenters. The van der Waals surface area contributed by atoms with E-state index in [0.29, 0.717) is 36.8 Å². The van der Waals surface area contributed by atoms with E-state index in [1.165, 1.54) is 30.6 Å². The molecular formula is C25H21ClF3N5O2. The minimum absolute atomic E-state index is 0.0846. The number of piperazine rings is 1. The van der Waals surface area contributed by atoms with E-state index in [0.717, 1.165) is 28.1 Å². The molecule has 36 heavy (non-hydrogen) atoms. The number of hydrogen-bond donors (Lipinski definition) is 1. The van der Waals surface area contributed by atoms with Crippen LogP contribution in [-0.2, 0) is 11.2 Å². The molecular weight excluding hydrogens is 495 g/mol. The molecule has 3 heterocycles. The summed E-state index contributed by atoms with van der Waals surface area (Å²) in [5, 5.41) is 1.55. The second-order valence-electron chi connectivity index (χ2n) is 8.39. The lowest BCUT2D eigenvalue weighted by Crippen LogP contribution is -2.49. The number of nitrogens with one attached hydrogen (secondary N) is 1. The number of fused-ring (bicyclic) bond motifs is 1. The van der Waals surface area contributed by atoms with Gasteiger partial charge in [-0.3, -0.25) is 4.79 Å². The number of carbonyl (C=O) groups is 1. The standard InChI is InChI=1S/C25H21ClF3N5O2/c26-18-5-3-17(4-6-18)21-14-20-23(32-21)30-15-31-24(20)34-11-9-33(10-12-34)22(35)13-16-1-7-19(8-2-16)36-25(27,28)29/h1-8,14-15H,9-13H2,(H,30,31,32). The monoisotopic (exact) mass is 515 g/mol. The number of amides is 1. The first-order valence-electron chi connectivity index (χ1n) is 11.2. The first-order valence-corrected chi connectivity index (χ1v) is 11.6. The summed E-state index contributed by atoms with van der Waals surface area (Å²) in [6.07, 6.45) is -3.13. The Balaban J connectivity index is 1.23. The van der Waals surface area contributed by atoms with Crippen molar-refractivity contribution in [1.82, 2.24) is 19.9 Å². The number of anilines is 1. The Morgan fingerprint density at radius 1 is 1.00 bits per heavy atom. The lowest BCUT2D eigenvalue weighted by atomic mass is 10.1. The predicted molar refractivity (Wildman–Crippen MR) is 130 cm³/mol. The highest BCUT2D eigenvalue weighted by Crippen LogP contribution is 2.30. The molecule has 7 nitrogen and oxygen atoms in total. The molecule has 1 saturated heterocycles. The van der Waals surface area contributed by atoms with Crippen molar-refractivity contribution < 1.29 is 22.7 Å². The van der Waals surface area contributed by atoms with Crippen molar-refractivity contribution in [3.63, 3.8) is 0 Å². The zero-order chi connectivity index (χ0) is 25.3. The second kappa shape index (κ2) is 9.69. The maximum absolute atomic E-state index is 12.8. The van der Waals surface area contributed by atoms with E-state index in [-0.39, 0.29) is 18.1 Å². The van der Waals surface area contributed by atoms with E-state index < -0.39 is 6.36 Å². The van der Waals surface area contributed by atoms with Crippen LogP contribution in [0, 0.1) is 0 Å². The van der Waals surface area contributed by atoms with E-state index in [9.17, 15) is 18.0 Å². The van der Waals surface area contributed by atoms with Gasteiger partial charge in [-0.05, 0) is 41.5 Å². The summed E-state index contributed by atoms with van der Waals surface area (Å²) in [5.74, 6) is 0.398. The summed E-state index contributed by atoms with van der Waals surface area (Å²) >= 11 is 6.00. The molecule has 0 bridgehead atoms. The van der Waals surface area contributed by atoms with Crippen LogP contribution in [0.5, 0.6) is 5.75 Å². The van der Waals surface area contributed by atoms with Gasteiger partial charge in [-0.2, -0.15) is 0 Å². The molecule has 2 aromatic heterocycles. The zero-order valence-corrected chi connectivity index (χ0v) is 19.7. The molecule has 1 fully saturated rings. The minimum atomic E-state index is -4.75. The molecule has 4 aromatic rings. The number of carbonyl (C=O) groups excluding carboxylic acids is 1. The quantitative estimate of drug-likeness (QED) is 0.402. The van der Waals surface area contributed by atoms with Crippen molar-refractivity contribution in [1.29, 1.82) is 0 Å². The van der Waals surface area contributed by atoms with Crippen LogP contribution >= 0.6 is 11.6 Å². The van der Waals surface area contributed by atoms with E-state index >= 15 is 0 Å². The number of ether oxygens (including phenoxy) is 1. The normalized spacial score (nSPS) is 14.3. The van der Waals surface area contributed by atoms with E-state index in [1.807, 2.05) is 30.3 Å². The molecule has 1 amide bonds. The molecule has 0 spiro atoms. The summed E-state index contributed by atoms with van der Waals surface area (Å²) in [7, 11) is 0. The minimum Gasteiger partial charge on any atom is -0.406 e. The number of nitrogens with zero attached hydrogens (tertiary/aromatic N) is 4. The number of rotatable bonds is 5. The highest BCUT2D eigenvalue weighted by atomic mass is 35.5. The van der Waals surface area contributed by atoms with Gasteiger partial charge in [0.1, 0.15) is 23.5 Å². The van der Waals surface area contributed by atoms with Gasteiger partial charge in [-0.1, -0.05) is 35.9 Å². The van der Waals surface area contributed by atoms with Gasteiger partial charge in [0.15, 0.2) is 0 Å². The Bertz CT molecular complexity index is 1370. The lowest BCUT2D eigenvalue weighted by molar-refractivity contribution is -0.274. The fourth-order valence-electron chi connectivity index (χ4n) is 4.23. The fourth-order valence-corrected chi connectivity index (χ4v) is 4.35. The third kappa shape index (κ3) is 5.38. The number of hydrogen-bond acceptors (Lipinski definition) is 5. The molecule has 186 valence electrons. The van der Waals surface area contributed by atoms with Crippen LogP contribution in [0.1, 0.15) is 5.56 Å². The van der Waals surface area contributed by atoms with Gasteiger partial charge in [-0.25, -0.2) is 9.97 Å². The molecule has 1 N–H and O–H groups in total. The van der Waals surface area contributed by atoms with Crippen LogP contribution in [0.3, 0.4) is 0 Å². The first kappa shape index (κ1) is 23.9. The van der Waals surface area contributed by atoms with Crippen LogP contribution in [-0.4, -0.2) is 58.3 Å². The van der Waals surface area contributed by atoms with Gasteiger partial charge in [-0.15, -0.1) is 13.2 Å². The average Bonchev–Trinajstić information content (AvgIpc) is 3.29. The molecule has 2 aromatic carbocycles. The van der Waals surface area contributed by atoms with Crippen molar-refractivity contribution >= 4 is 34.4 Å². The van der Waals surface area contributed by atoms with Crippen molar-refractivity contribution in [2.45, 2.75) is 12.8 Å². The van der Waals surface area contributed by atoms with Gasteiger partial charge in [0.05, 0.1) is 11.8 Å². The number of H-pyrrole nitrogens is 1. The topological polar surface area (TPSA) is 74.3 Å². The third-order valence-electron chi connectivity index (χ3n) is 6.00. The Morgan fingerprint density at radius 2 is 1.69 bits per heavy atom. The van der Waals surface area contributed by atoms with Crippen molar-refractivity contribution in [2.24, 2.45) is 0 Å². The summed E-state index contributed by atoms with van der Waals surface area (Å²) in [6.45, 7) is 2.21. The van der Waals surface area contributed by atoms with E-state index in [4.69, 9.17) is 11.6 Å². The highest BCUT2D eigenvalue weighted by molar-refractivity contribution is 6.30. The fraction of sp³-hybridized carbons (Fsp3) is 0.240. The average molecular weight is 516 g/mol. The zero-order valence-electron chi connectivity index (χ0n) is 18.9. The van der Waals surface area contributed by atoms with Gasteiger partial charge in [0.2, 0.25) is 5.91 Å². The molecule has 0 aliphatic carbocycles.